The van der Waals surface area contributed by atoms with Crippen molar-refractivity contribution in [3.05, 3.63) is 0 Å². The first-order valence-corrected chi connectivity index (χ1v) is 8.63. The molecule has 0 aromatic carbocycles. The van der Waals surface area contributed by atoms with Gasteiger partial charge in [0.15, 0.2) is 10.8 Å². The van der Waals surface area contributed by atoms with Crippen molar-refractivity contribution in [1.29, 1.82) is 21.2 Å². The topological polar surface area (TPSA) is 114 Å². The summed E-state index contributed by atoms with van der Waals surface area (Å²) in [6.07, 6.45) is 4.34. The highest BCUT2D eigenvalue weighted by Gasteiger charge is 2.79. The highest BCUT2D eigenvalue weighted by molar-refractivity contribution is 5.89. The van der Waals surface area contributed by atoms with Gasteiger partial charge in [0, 0.05) is 6.42 Å². The first kappa shape index (κ1) is 16.7. The van der Waals surface area contributed by atoms with Gasteiger partial charge in [0.25, 0.3) is 0 Å². The van der Waals surface area contributed by atoms with E-state index in [4.69, 9.17) is 14.9 Å². The van der Waals surface area contributed by atoms with Gasteiger partial charge >= 0.3 is 0 Å². The lowest BCUT2D eigenvalue weighted by Crippen LogP contribution is -2.64. The molecule has 126 valence electrons. The van der Waals surface area contributed by atoms with Crippen LogP contribution in [0.15, 0.2) is 0 Å². The van der Waals surface area contributed by atoms with Crippen molar-refractivity contribution < 1.29 is 9.47 Å². The van der Waals surface area contributed by atoms with E-state index in [1.54, 1.807) is 0 Å². The maximum Gasteiger partial charge on any atom is 0.217 e. The van der Waals surface area contributed by atoms with Gasteiger partial charge in [-0.25, -0.2) is 0 Å². The molecular weight excluding hydrogens is 304 g/mol. The average Bonchev–Trinajstić information content (AvgIpc) is 2.71. The average molecular weight is 326 g/mol. The summed E-state index contributed by atoms with van der Waals surface area (Å²) < 4.78 is 12.2. The largest absolute Gasteiger partial charge is 0.447 e. The molecule has 2 saturated heterocycles. The number of nitrogens with zero attached hydrogens (tertiary/aromatic N) is 3. The third-order valence-electron chi connectivity index (χ3n) is 5.96. The third-order valence-corrected chi connectivity index (χ3v) is 5.96. The molecule has 4 atom stereocenters. The first-order valence-electron chi connectivity index (χ1n) is 8.63. The lowest BCUT2D eigenvalue weighted by molar-refractivity contribution is -0.294. The molecule has 6 nitrogen and oxygen atoms in total. The number of ether oxygens (including phenoxy) is 2. The molecule has 24 heavy (non-hydrogen) atoms. The Kier molecular flexibility index (Phi) is 3.82. The van der Waals surface area contributed by atoms with E-state index in [9.17, 15) is 15.8 Å². The fourth-order valence-electron chi connectivity index (χ4n) is 4.88. The zero-order valence-electron chi connectivity index (χ0n) is 14.1. The molecule has 3 aliphatic rings. The minimum atomic E-state index is -1.73. The summed E-state index contributed by atoms with van der Waals surface area (Å²) in [4.78, 5) is 0. The van der Waals surface area contributed by atoms with Gasteiger partial charge in [-0.05, 0) is 18.8 Å². The minimum Gasteiger partial charge on any atom is -0.447 e. The van der Waals surface area contributed by atoms with Crippen LogP contribution >= 0.6 is 0 Å². The molecule has 0 amide bonds. The number of nitrogens with one attached hydrogen (secondary N) is 1. The predicted octanol–water partition coefficient (Wildman–Crippen LogP) is 3.26. The summed E-state index contributed by atoms with van der Waals surface area (Å²) in [5, 5.41) is 38.4. The van der Waals surface area contributed by atoms with Gasteiger partial charge in [0.05, 0.1) is 30.2 Å². The molecule has 2 aliphatic heterocycles. The maximum absolute atomic E-state index is 10.1. The SMILES string of the molecule is CC(C)C1OC23CCCCCCC2C(C#N)(C(=N)O3)C1(C#N)C#N. The Labute approximate surface area is 142 Å². The summed E-state index contributed by atoms with van der Waals surface area (Å²) in [7, 11) is 0. The summed E-state index contributed by atoms with van der Waals surface area (Å²) in [5.41, 5.74) is -3.28. The highest BCUT2D eigenvalue weighted by Crippen LogP contribution is 2.66. The van der Waals surface area contributed by atoms with Crippen molar-refractivity contribution in [3.63, 3.8) is 0 Å². The van der Waals surface area contributed by atoms with Crippen LogP contribution in [0.1, 0.15) is 52.4 Å². The fraction of sp³-hybridized carbons (Fsp3) is 0.778. The molecule has 1 aliphatic carbocycles. The minimum absolute atomic E-state index is 0.144. The van der Waals surface area contributed by atoms with Crippen LogP contribution in [0.5, 0.6) is 0 Å². The Morgan fingerprint density at radius 1 is 1.08 bits per heavy atom. The summed E-state index contributed by atoms with van der Waals surface area (Å²) in [6.45, 7) is 3.75. The molecule has 1 saturated carbocycles. The summed E-state index contributed by atoms with van der Waals surface area (Å²) >= 11 is 0. The van der Waals surface area contributed by atoms with Gasteiger partial charge in [-0.3, -0.25) is 5.41 Å². The lowest BCUT2D eigenvalue weighted by Gasteiger charge is -2.51. The van der Waals surface area contributed by atoms with Crippen molar-refractivity contribution in [2.45, 2.75) is 64.3 Å². The van der Waals surface area contributed by atoms with E-state index < -0.39 is 28.6 Å². The smallest absolute Gasteiger partial charge is 0.217 e. The van der Waals surface area contributed by atoms with Gasteiger partial charge in [0.2, 0.25) is 11.7 Å². The van der Waals surface area contributed by atoms with Crippen LogP contribution < -0.4 is 0 Å². The monoisotopic (exact) mass is 326 g/mol. The normalized spacial score (nSPS) is 40.2. The second-order valence-corrected chi connectivity index (χ2v) is 7.48. The van der Waals surface area contributed by atoms with E-state index in [1.165, 1.54) is 0 Å². The summed E-state index contributed by atoms with van der Waals surface area (Å²) in [5.74, 6) is -1.89. The van der Waals surface area contributed by atoms with Crippen LogP contribution in [0.4, 0.5) is 0 Å². The zero-order chi connectivity index (χ0) is 17.6. The molecule has 2 bridgehead atoms. The molecule has 3 rings (SSSR count). The van der Waals surface area contributed by atoms with E-state index >= 15 is 0 Å². The van der Waals surface area contributed by atoms with Crippen LogP contribution in [-0.2, 0) is 9.47 Å². The van der Waals surface area contributed by atoms with E-state index in [2.05, 4.69) is 18.2 Å². The molecule has 1 N–H and O–H groups in total. The Bertz CT molecular complexity index is 669. The van der Waals surface area contributed by atoms with Crippen molar-refractivity contribution in [3.8, 4) is 18.2 Å². The van der Waals surface area contributed by atoms with E-state index in [-0.39, 0.29) is 11.8 Å². The maximum atomic E-state index is 10.1. The van der Waals surface area contributed by atoms with Crippen LogP contribution in [0.2, 0.25) is 0 Å². The number of hydrogen-bond donors (Lipinski definition) is 1. The van der Waals surface area contributed by atoms with Crippen LogP contribution in [-0.4, -0.2) is 17.8 Å². The molecular formula is C18H22N4O2. The van der Waals surface area contributed by atoms with Crippen LogP contribution in [0, 0.1) is 62.1 Å². The highest BCUT2D eigenvalue weighted by atomic mass is 16.7. The van der Waals surface area contributed by atoms with Crippen LogP contribution in [0.25, 0.3) is 0 Å². The number of rotatable bonds is 1. The van der Waals surface area contributed by atoms with Crippen molar-refractivity contribution in [2.75, 3.05) is 0 Å². The summed E-state index contributed by atoms with van der Waals surface area (Å²) in [6, 6.07) is 6.37. The van der Waals surface area contributed by atoms with E-state index in [0.717, 1.165) is 25.7 Å². The molecule has 0 aromatic heterocycles. The van der Waals surface area contributed by atoms with Gasteiger partial charge in [0.1, 0.15) is 0 Å². The van der Waals surface area contributed by atoms with Crippen molar-refractivity contribution in [1.82, 2.24) is 0 Å². The molecule has 2 heterocycles. The second-order valence-electron chi connectivity index (χ2n) is 7.48. The second kappa shape index (κ2) is 5.47. The van der Waals surface area contributed by atoms with Crippen LogP contribution in [0.3, 0.4) is 0 Å². The zero-order valence-corrected chi connectivity index (χ0v) is 14.1. The van der Waals surface area contributed by atoms with Gasteiger partial charge in [-0.15, -0.1) is 0 Å². The Hall–Kier alpha value is -2.10. The Balaban J connectivity index is 2.27. The first-order chi connectivity index (χ1) is 11.4. The Morgan fingerprint density at radius 3 is 2.33 bits per heavy atom. The van der Waals surface area contributed by atoms with E-state index in [1.807, 2.05) is 13.8 Å². The standard InChI is InChI=1S/C18H22N4O2/c1-12(2)14-16(9-19,10-20)17(11-21)13-7-5-3-4-6-8-18(13,23-14)24-15(17)22/h12-14,22H,3-8H2,1-2H3. The van der Waals surface area contributed by atoms with Gasteiger partial charge < -0.3 is 9.47 Å². The van der Waals surface area contributed by atoms with Crippen molar-refractivity contribution >= 4 is 5.90 Å². The third kappa shape index (κ3) is 1.74. The predicted molar refractivity (Wildman–Crippen MR) is 84.2 cm³/mol. The Morgan fingerprint density at radius 2 is 1.75 bits per heavy atom. The molecule has 3 fully saturated rings. The molecule has 0 spiro atoms. The van der Waals surface area contributed by atoms with Gasteiger partial charge in [-0.2, -0.15) is 15.8 Å². The molecule has 4 unspecified atom stereocenters. The quantitative estimate of drug-likeness (QED) is 0.794. The molecule has 0 radical (unpaired) electrons. The molecule has 6 heteroatoms. The van der Waals surface area contributed by atoms with Gasteiger partial charge in [-0.1, -0.05) is 33.1 Å². The van der Waals surface area contributed by atoms with E-state index in [0.29, 0.717) is 12.8 Å². The number of hydrogen-bond acceptors (Lipinski definition) is 6. The fourth-order valence-corrected chi connectivity index (χ4v) is 4.88. The number of nitriles is 3. The molecule has 0 aromatic rings. The lowest BCUT2D eigenvalue weighted by atomic mass is 9.51. The van der Waals surface area contributed by atoms with Crippen molar-refractivity contribution in [2.24, 2.45) is 22.7 Å².